The molecular weight excluding hydrogens is 227 g/mol. The van der Waals surface area contributed by atoms with Crippen LogP contribution in [0, 0.1) is 11.7 Å². The lowest BCUT2D eigenvalue weighted by atomic mass is 9.97. The van der Waals surface area contributed by atoms with Gasteiger partial charge in [0.1, 0.15) is 5.82 Å². The number of hydrogen-bond acceptors (Lipinski definition) is 2. The normalized spacial score (nSPS) is 22.9. The molecule has 0 radical (unpaired) electrons. The van der Waals surface area contributed by atoms with E-state index in [0.717, 1.165) is 18.7 Å². The van der Waals surface area contributed by atoms with Crippen molar-refractivity contribution in [2.75, 3.05) is 26.7 Å². The lowest BCUT2D eigenvalue weighted by Gasteiger charge is -2.30. The highest BCUT2D eigenvalue weighted by Gasteiger charge is 2.18. The van der Waals surface area contributed by atoms with E-state index in [1.165, 1.54) is 25.5 Å². The lowest BCUT2D eigenvalue weighted by Crippen LogP contribution is -2.38. The lowest BCUT2D eigenvalue weighted by molar-refractivity contribution is 0.203. The Morgan fingerprint density at radius 3 is 2.94 bits per heavy atom. The highest BCUT2D eigenvalue weighted by atomic mass is 19.1. The summed E-state index contributed by atoms with van der Waals surface area (Å²) in [7, 11) is 2.17. The second-order valence-electron chi connectivity index (χ2n) is 5.42. The average Bonchev–Trinajstić information content (AvgIpc) is 2.37. The zero-order chi connectivity index (χ0) is 13.0. The summed E-state index contributed by atoms with van der Waals surface area (Å²) in [6, 6.07) is 7.10. The molecule has 1 unspecified atom stereocenters. The van der Waals surface area contributed by atoms with E-state index in [1.807, 2.05) is 19.1 Å². The minimum atomic E-state index is -0.113. The molecule has 0 aliphatic carbocycles. The summed E-state index contributed by atoms with van der Waals surface area (Å²) in [6.07, 6.45) is 2.55. The van der Waals surface area contributed by atoms with Gasteiger partial charge in [0.15, 0.2) is 0 Å². The summed E-state index contributed by atoms with van der Waals surface area (Å²) in [5.41, 5.74) is 0.765. The molecule has 2 nitrogen and oxygen atoms in total. The largest absolute Gasteiger partial charge is 0.310 e. The Morgan fingerprint density at radius 2 is 2.22 bits per heavy atom. The summed E-state index contributed by atoms with van der Waals surface area (Å²) in [4.78, 5) is 2.38. The van der Waals surface area contributed by atoms with Crippen molar-refractivity contribution in [3.05, 3.63) is 35.6 Å². The SMILES string of the molecule is C[C@@H](NCC1CCCN(C)C1)c1ccccc1F. The highest BCUT2D eigenvalue weighted by Crippen LogP contribution is 2.18. The molecule has 0 amide bonds. The molecule has 2 atom stereocenters. The Kier molecular flexibility index (Phi) is 4.72. The first-order valence-corrected chi connectivity index (χ1v) is 6.83. The Labute approximate surface area is 109 Å². The minimum absolute atomic E-state index is 0.0819. The standard InChI is InChI=1S/C15H23FN2/c1-12(14-7-3-4-8-15(14)16)17-10-13-6-5-9-18(2)11-13/h3-4,7-8,12-13,17H,5-6,9-11H2,1-2H3/t12-,13?/m1/s1. The monoisotopic (exact) mass is 250 g/mol. The van der Waals surface area contributed by atoms with Crippen LogP contribution in [0.15, 0.2) is 24.3 Å². The van der Waals surface area contributed by atoms with Gasteiger partial charge in [-0.05, 0) is 51.9 Å². The smallest absolute Gasteiger partial charge is 0.127 e. The number of piperidine rings is 1. The van der Waals surface area contributed by atoms with Gasteiger partial charge in [-0.3, -0.25) is 0 Å². The number of halogens is 1. The van der Waals surface area contributed by atoms with Gasteiger partial charge in [0.25, 0.3) is 0 Å². The van der Waals surface area contributed by atoms with Crippen molar-refractivity contribution in [3.63, 3.8) is 0 Å². The Balaban J connectivity index is 1.84. The molecule has 1 aliphatic heterocycles. The molecule has 1 aromatic carbocycles. The van der Waals surface area contributed by atoms with E-state index >= 15 is 0 Å². The molecule has 0 saturated carbocycles. The maximum atomic E-state index is 13.6. The molecule has 2 rings (SSSR count). The number of nitrogens with one attached hydrogen (secondary N) is 1. The molecule has 18 heavy (non-hydrogen) atoms. The van der Waals surface area contributed by atoms with Gasteiger partial charge in [-0.25, -0.2) is 4.39 Å². The number of likely N-dealkylation sites (tertiary alicyclic amines) is 1. The first-order valence-electron chi connectivity index (χ1n) is 6.83. The number of rotatable bonds is 4. The fourth-order valence-corrected chi connectivity index (χ4v) is 2.72. The number of nitrogens with zero attached hydrogens (tertiary/aromatic N) is 1. The zero-order valence-corrected chi connectivity index (χ0v) is 11.3. The highest BCUT2D eigenvalue weighted by molar-refractivity contribution is 5.20. The second-order valence-corrected chi connectivity index (χ2v) is 5.42. The van der Waals surface area contributed by atoms with Gasteiger partial charge in [-0.1, -0.05) is 18.2 Å². The van der Waals surface area contributed by atoms with Crippen LogP contribution in [-0.4, -0.2) is 31.6 Å². The first kappa shape index (κ1) is 13.5. The number of hydrogen-bond donors (Lipinski definition) is 1. The third-order valence-corrected chi connectivity index (χ3v) is 3.81. The Morgan fingerprint density at radius 1 is 1.44 bits per heavy atom. The van der Waals surface area contributed by atoms with Crippen molar-refractivity contribution < 1.29 is 4.39 Å². The third-order valence-electron chi connectivity index (χ3n) is 3.81. The van der Waals surface area contributed by atoms with Crippen molar-refractivity contribution in [1.29, 1.82) is 0 Å². The summed E-state index contributed by atoms with van der Waals surface area (Å²) >= 11 is 0. The molecule has 0 aromatic heterocycles. The molecule has 1 saturated heterocycles. The van der Waals surface area contributed by atoms with E-state index in [9.17, 15) is 4.39 Å². The van der Waals surface area contributed by atoms with Gasteiger partial charge >= 0.3 is 0 Å². The van der Waals surface area contributed by atoms with Crippen LogP contribution in [0.1, 0.15) is 31.4 Å². The predicted molar refractivity (Wildman–Crippen MR) is 73.0 cm³/mol. The van der Waals surface area contributed by atoms with Gasteiger partial charge < -0.3 is 10.2 Å². The Bertz CT molecular complexity index is 381. The van der Waals surface area contributed by atoms with Crippen LogP contribution in [0.2, 0.25) is 0 Å². The van der Waals surface area contributed by atoms with Crippen molar-refractivity contribution in [3.8, 4) is 0 Å². The molecule has 0 bridgehead atoms. The van der Waals surface area contributed by atoms with Gasteiger partial charge in [0, 0.05) is 18.2 Å². The quantitative estimate of drug-likeness (QED) is 0.884. The summed E-state index contributed by atoms with van der Waals surface area (Å²) in [6.45, 7) is 5.36. The van der Waals surface area contributed by atoms with Crippen LogP contribution in [0.25, 0.3) is 0 Å². The summed E-state index contributed by atoms with van der Waals surface area (Å²) in [5, 5.41) is 3.46. The van der Waals surface area contributed by atoms with Crippen molar-refractivity contribution in [2.24, 2.45) is 5.92 Å². The molecule has 1 N–H and O–H groups in total. The average molecular weight is 250 g/mol. The van der Waals surface area contributed by atoms with Crippen LogP contribution in [-0.2, 0) is 0 Å². The van der Waals surface area contributed by atoms with Crippen LogP contribution in [0.3, 0.4) is 0 Å². The van der Waals surface area contributed by atoms with E-state index in [2.05, 4.69) is 17.3 Å². The van der Waals surface area contributed by atoms with Crippen LogP contribution in [0.5, 0.6) is 0 Å². The van der Waals surface area contributed by atoms with Gasteiger partial charge in [-0.2, -0.15) is 0 Å². The molecule has 1 fully saturated rings. The van der Waals surface area contributed by atoms with Gasteiger partial charge in [0.05, 0.1) is 0 Å². The van der Waals surface area contributed by atoms with Crippen LogP contribution in [0.4, 0.5) is 4.39 Å². The molecule has 3 heteroatoms. The molecular formula is C15H23FN2. The van der Waals surface area contributed by atoms with Gasteiger partial charge in [-0.15, -0.1) is 0 Å². The van der Waals surface area contributed by atoms with Crippen LogP contribution >= 0.6 is 0 Å². The fraction of sp³-hybridized carbons (Fsp3) is 0.600. The van der Waals surface area contributed by atoms with Crippen molar-refractivity contribution >= 4 is 0 Å². The predicted octanol–water partition coefficient (Wildman–Crippen LogP) is 2.82. The first-order chi connectivity index (χ1) is 8.66. The zero-order valence-electron chi connectivity index (χ0n) is 11.3. The topological polar surface area (TPSA) is 15.3 Å². The maximum Gasteiger partial charge on any atom is 0.127 e. The van der Waals surface area contributed by atoms with Crippen LogP contribution < -0.4 is 5.32 Å². The van der Waals surface area contributed by atoms with E-state index in [-0.39, 0.29) is 11.9 Å². The molecule has 1 heterocycles. The van der Waals surface area contributed by atoms with E-state index < -0.39 is 0 Å². The number of benzene rings is 1. The summed E-state index contributed by atoms with van der Waals surface area (Å²) in [5.74, 6) is 0.580. The molecule has 0 spiro atoms. The third kappa shape index (κ3) is 3.53. The molecule has 1 aromatic rings. The van der Waals surface area contributed by atoms with E-state index in [0.29, 0.717) is 5.92 Å². The van der Waals surface area contributed by atoms with Crippen molar-refractivity contribution in [2.45, 2.75) is 25.8 Å². The second kappa shape index (κ2) is 6.30. The molecule has 100 valence electrons. The fourth-order valence-electron chi connectivity index (χ4n) is 2.72. The van der Waals surface area contributed by atoms with E-state index in [1.54, 1.807) is 6.07 Å². The maximum absolute atomic E-state index is 13.6. The van der Waals surface area contributed by atoms with Gasteiger partial charge in [0.2, 0.25) is 0 Å². The molecule has 1 aliphatic rings. The minimum Gasteiger partial charge on any atom is -0.310 e. The van der Waals surface area contributed by atoms with Crippen molar-refractivity contribution in [1.82, 2.24) is 10.2 Å². The Hall–Kier alpha value is -0.930. The summed E-state index contributed by atoms with van der Waals surface area (Å²) < 4.78 is 13.6. The van der Waals surface area contributed by atoms with E-state index in [4.69, 9.17) is 0 Å².